The molecular weight excluding hydrogens is 322 g/mol. The van der Waals surface area contributed by atoms with Gasteiger partial charge in [-0.2, -0.15) is 0 Å². The zero-order valence-corrected chi connectivity index (χ0v) is 14.6. The third kappa shape index (κ3) is 4.76. The van der Waals surface area contributed by atoms with Gasteiger partial charge in [-0.3, -0.25) is 14.7 Å². The van der Waals surface area contributed by atoms with Gasteiger partial charge in [0.1, 0.15) is 0 Å². The first-order chi connectivity index (χ1) is 12.0. The van der Waals surface area contributed by atoms with E-state index >= 15 is 0 Å². The van der Waals surface area contributed by atoms with E-state index in [1.807, 2.05) is 4.90 Å². The van der Waals surface area contributed by atoms with Crippen LogP contribution in [0, 0.1) is 0 Å². The molecule has 1 amide bonds. The molecule has 136 valence electrons. The number of aromatic carboxylic acids is 1. The number of carboxylic acid groups (broad SMARTS) is 1. The van der Waals surface area contributed by atoms with E-state index in [1.165, 1.54) is 6.20 Å². The Morgan fingerprint density at radius 2 is 1.92 bits per heavy atom. The van der Waals surface area contributed by atoms with Crippen LogP contribution in [0.2, 0.25) is 0 Å². The van der Waals surface area contributed by atoms with Gasteiger partial charge in [0, 0.05) is 58.0 Å². The van der Waals surface area contributed by atoms with Crippen molar-refractivity contribution in [3.8, 4) is 0 Å². The highest BCUT2D eigenvalue weighted by molar-refractivity contribution is 5.87. The van der Waals surface area contributed by atoms with Gasteiger partial charge in [-0.1, -0.05) is 0 Å². The van der Waals surface area contributed by atoms with E-state index in [4.69, 9.17) is 9.84 Å². The van der Waals surface area contributed by atoms with E-state index < -0.39 is 5.97 Å². The number of hydrogen-bond donors (Lipinski definition) is 1. The summed E-state index contributed by atoms with van der Waals surface area (Å²) >= 11 is 0. The molecule has 2 aliphatic heterocycles. The average molecular weight is 347 g/mol. The molecule has 2 aliphatic rings. The van der Waals surface area contributed by atoms with E-state index in [0.29, 0.717) is 6.42 Å². The van der Waals surface area contributed by atoms with Gasteiger partial charge < -0.3 is 14.7 Å². The van der Waals surface area contributed by atoms with Gasteiger partial charge in [-0.05, 0) is 25.0 Å². The maximum absolute atomic E-state index is 11.4. The highest BCUT2D eigenvalue weighted by atomic mass is 16.5. The summed E-state index contributed by atoms with van der Waals surface area (Å²) in [5.74, 6) is -0.806. The van der Waals surface area contributed by atoms with Crippen LogP contribution in [0.5, 0.6) is 0 Å². The molecule has 3 heterocycles. The van der Waals surface area contributed by atoms with Crippen LogP contribution in [-0.4, -0.2) is 76.7 Å². The molecule has 2 saturated heterocycles. The average Bonchev–Trinajstić information content (AvgIpc) is 3.02. The Balaban J connectivity index is 1.43. The van der Waals surface area contributed by atoms with E-state index in [-0.39, 0.29) is 23.7 Å². The molecule has 2 fully saturated rings. The molecule has 0 aromatic carbocycles. The van der Waals surface area contributed by atoms with Crippen molar-refractivity contribution < 1.29 is 19.4 Å². The molecule has 7 nitrogen and oxygen atoms in total. The molecule has 0 unspecified atom stereocenters. The first-order valence-corrected chi connectivity index (χ1v) is 8.83. The van der Waals surface area contributed by atoms with Gasteiger partial charge in [0.05, 0.1) is 17.8 Å². The number of carboxylic acids is 1. The zero-order valence-electron chi connectivity index (χ0n) is 14.6. The van der Waals surface area contributed by atoms with E-state index in [2.05, 4.69) is 9.88 Å². The Labute approximate surface area is 147 Å². The summed E-state index contributed by atoms with van der Waals surface area (Å²) in [6.45, 7) is 5.94. The number of amides is 1. The van der Waals surface area contributed by atoms with Gasteiger partial charge in [0.15, 0.2) is 0 Å². The molecular formula is C18H25N3O4. The van der Waals surface area contributed by atoms with Crippen molar-refractivity contribution in [1.29, 1.82) is 0 Å². The number of rotatable bonds is 5. The second-order valence-corrected chi connectivity index (χ2v) is 6.81. The topological polar surface area (TPSA) is 83.0 Å². The van der Waals surface area contributed by atoms with Gasteiger partial charge in [-0.25, -0.2) is 4.79 Å². The van der Waals surface area contributed by atoms with Crippen molar-refractivity contribution in [3.05, 3.63) is 29.6 Å². The molecule has 0 aliphatic carbocycles. The Morgan fingerprint density at radius 3 is 2.52 bits per heavy atom. The molecule has 0 radical (unpaired) electrons. The number of hydrogen-bond acceptors (Lipinski definition) is 5. The molecule has 3 rings (SSSR count). The number of ether oxygens (including phenoxy) is 1. The maximum atomic E-state index is 11.4. The monoisotopic (exact) mass is 347 g/mol. The SMILES string of the molecule is CC(=O)N1CCN(C[C@H]2CC[C@@H](Cc3ccc(C(=O)O)cn3)O2)CC1. The van der Waals surface area contributed by atoms with Gasteiger partial charge in [-0.15, -0.1) is 0 Å². The van der Waals surface area contributed by atoms with Crippen molar-refractivity contribution in [3.63, 3.8) is 0 Å². The van der Waals surface area contributed by atoms with Crippen LogP contribution < -0.4 is 0 Å². The van der Waals surface area contributed by atoms with Crippen molar-refractivity contribution in [2.45, 2.75) is 38.4 Å². The fraction of sp³-hybridized carbons (Fsp3) is 0.611. The van der Waals surface area contributed by atoms with Crippen molar-refractivity contribution in [1.82, 2.24) is 14.8 Å². The minimum Gasteiger partial charge on any atom is -0.478 e. The molecule has 7 heteroatoms. The summed E-state index contributed by atoms with van der Waals surface area (Å²) in [6, 6.07) is 3.35. The van der Waals surface area contributed by atoms with Crippen LogP contribution in [0.15, 0.2) is 18.3 Å². The smallest absolute Gasteiger partial charge is 0.337 e. The minimum absolute atomic E-state index is 0.145. The molecule has 1 N–H and O–H groups in total. The Bertz CT molecular complexity index is 611. The lowest BCUT2D eigenvalue weighted by Crippen LogP contribution is -2.49. The third-order valence-electron chi connectivity index (χ3n) is 4.98. The largest absolute Gasteiger partial charge is 0.478 e. The summed E-state index contributed by atoms with van der Waals surface area (Å²) < 4.78 is 6.14. The highest BCUT2D eigenvalue weighted by Gasteiger charge is 2.28. The highest BCUT2D eigenvalue weighted by Crippen LogP contribution is 2.23. The first kappa shape index (κ1) is 17.8. The lowest BCUT2D eigenvalue weighted by Gasteiger charge is -2.35. The van der Waals surface area contributed by atoms with Crippen LogP contribution in [0.3, 0.4) is 0 Å². The Kier molecular flexibility index (Phi) is 5.65. The second kappa shape index (κ2) is 7.93. The number of carbonyl (C=O) groups is 2. The first-order valence-electron chi connectivity index (χ1n) is 8.83. The summed E-state index contributed by atoms with van der Waals surface area (Å²) in [6.07, 6.45) is 4.53. The number of aromatic nitrogens is 1. The second-order valence-electron chi connectivity index (χ2n) is 6.81. The van der Waals surface area contributed by atoms with Crippen LogP contribution in [0.25, 0.3) is 0 Å². The lowest BCUT2D eigenvalue weighted by molar-refractivity contribution is -0.130. The van der Waals surface area contributed by atoms with Crippen LogP contribution >= 0.6 is 0 Å². The standard InChI is InChI=1S/C18H25N3O4/c1-13(22)21-8-6-20(7-9-21)12-17-5-4-16(25-17)10-15-3-2-14(11-19-15)18(23)24/h2-3,11,16-17H,4-10,12H2,1H3,(H,23,24)/t16-,17+/m0/s1. The van der Waals surface area contributed by atoms with Crippen molar-refractivity contribution in [2.75, 3.05) is 32.7 Å². The number of pyridine rings is 1. The summed E-state index contributed by atoms with van der Waals surface area (Å²) in [5, 5.41) is 8.91. The lowest BCUT2D eigenvalue weighted by atomic mass is 10.1. The maximum Gasteiger partial charge on any atom is 0.337 e. The normalized spacial score (nSPS) is 24.4. The van der Waals surface area contributed by atoms with E-state index in [1.54, 1.807) is 19.1 Å². The Morgan fingerprint density at radius 1 is 1.20 bits per heavy atom. The van der Waals surface area contributed by atoms with Crippen LogP contribution in [0.4, 0.5) is 0 Å². The third-order valence-corrected chi connectivity index (χ3v) is 4.98. The van der Waals surface area contributed by atoms with E-state index in [0.717, 1.165) is 51.3 Å². The predicted molar refractivity (Wildman–Crippen MR) is 91.5 cm³/mol. The molecule has 1 aromatic rings. The number of nitrogens with zero attached hydrogens (tertiary/aromatic N) is 3. The number of piperazine rings is 1. The fourth-order valence-corrected chi connectivity index (χ4v) is 3.50. The fourth-order valence-electron chi connectivity index (χ4n) is 3.50. The summed E-state index contributed by atoms with van der Waals surface area (Å²) in [4.78, 5) is 30.7. The molecule has 0 bridgehead atoms. The van der Waals surface area contributed by atoms with Gasteiger partial charge >= 0.3 is 5.97 Å². The quantitative estimate of drug-likeness (QED) is 0.857. The Hall–Kier alpha value is -1.99. The predicted octanol–water partition coefficient (Wildman–Crippen LogP) is 1.03. The van der Waals surface area contributed by atoms with Gasteiger partial charge in [0.25, 0.3) is 0 Å². The molecule has 2 atom stereocenters. The van der Waals surface area contributed by atoms with Crippen LogP contribution in [0.1, 0.15) is 35.8 Å². The molecule has 0 saturated carbocycles. The number of carbonyl (C=O) groups excluding carboxylic acids is 1. The van der Waals surface area contributed by atoms with E-state index in [9.17, 15) is 9.59 Å². The molecule has 25 heavy (non-hydrogen) atoms. The minimum atomic E-state index is -0.957. The summed E-state index contributed by atoms with van der Waals surface area (Å²) in [7, 11) is 0. The molecule has 0 spiro atoms. The van der Waals surface area contributed by atoms with Gasteiger partial charge in [0.2, 0.25) is 5.91 Å². The van der Waals surface area contributed by atoms with Crippen molar-refractivity contribution >= 4 is 11.9 Å². The molecule has 1 aromatic heterocycles. The van der Waals surface area contributed by atoms with Crippen molar-refractivity contribution in [2.24, 2.45) is 0 Å². The summed E-state index contributed by atoms with van der Waals surface area (Å²) in [5.41, 5.74) is 1.07. The zero-order chi connectivity index (χ0) is 17.8. The van der Waals surface area contributed by atoms with Crippen LogP contribution in [-0.2, 0) is 16.0 Å².